The van der Waals surface area contributed by atoms with E-state index in [9.17, 15) is 14.9 Å². The molecule has 0 aromatic heterocycles. The minimum Gasteiger partial charge on any atom is -0.469 e. The van der Waals surface area contributed by atoms with Crippen molar-refractivity contribution in [2.24, 2.45) is 0 Å². The molecular formula is C10H10ClNO4. The van der Waals surface area contributed by atoms with Crippen LogP contribution < -0.4 is 0 Å². The first-order chi connectivity index (χ1) is 7.45. The van der Waals surface area contributed by atoms with E-state index in [1.807, 2.05) is 0 Å². The maximum absolute atomic E-state index is 11.1. The van der Waals surface area contributed by atoms with E-state index in [0.29, 0.717) is 11.1 Å². The molecule has 1 rings (SSSR count). The molecule has 1 aromatic carbocycles. The normalized spacial score (nSPS) is 9.94. The van der Waals surface area contributed by atoms with Gasteiger partial charge in [-0.2, -0.15) is 0 Å². The van der Waals surface area contributed by atoms with Crippen molar-refractivity contribution in [3.63, 3.8) is 0 Å². The molecule has 0 aliphatic heterocycles. The smallest absolute Gasteiger partial charge is 0.310 e. The molecule has 0 spiro atoms. The van der Waals surface area contributed by atoms with Crippen LogP contribution in [0.3, 0.4) is 0 Å². The van der Waals surface area contributed by atoms with Crippen LogP contribution in [-0.4, -0.2) is 18.0 Å². The second kappa shape index (κ2) is 4.94. The van der Waals surface area contributed by atoms with E-state index in [4.69, 9.17) is 11.6 Å². The quantitative estimate of drug-likeness (QED) is 0.464. The summed E-state index contributed by atoms with van der Waals surface area (Å²) < 4.78 is 4.51. The second-order valence-electron chi connectivity index (χ2n) is 3.23. The summed E-state index contributed by atoms with van der Waals surface area (Å²) in [6.07, 6.45) is 0.0131. The van der Waals surface area contributed by atoms with E-state index in [1.165, 1.54) is 19.2 Å². The van der Waals surface area contributed by atoms with Crippen molar-refractivity contribution in [2.45, 2.75) is 13.3 Å². The summed E-state index contributed by atoms with van der Waals surface area (Å²) >= 11 is 5.87. The Morgan fingerprint density at radius 3 is 2.62 bits per heavy atom. The maximum Gasteiger partial charge on any atom is 0.310 e. The van der Waals surface area contributed by atoms with Gasteiger partial charge in [-0.1, -0.05) is 11.6 Å². The van der Waals surface area contributed by atoms with Gasteiger partial charge in [0.1, 0.15) is 0 Å². The number of esters is 1. The number of carbonyl (C=O) groups is 1. The van der Waals surface area contributed by atoms with E-state index in [0.717, 1.165) is 0 Å². The first kappa shape index (κ1) is 12.4. The number of halogens is 1. The van der Waals surface area contributed by atoms with Crippen LogP contribution in [0.25, 0.3) is 0 Å². The highest BCUT2D eigenvalue weighted by atomic mass is 35.5. The van der Waals surface area contributed by atoms with Gasteiger partial charge in [0.2, 0.25) is 0 Å². The van der Waals surface area contributed by atoms with Crippen LogP contribution in [0.4, 0.5) is 5.69 Å². The Morgan fingerprint density at radius 1 is 1.56 bits per heavy atom. The zero-order valence-electron chi connectivity index (χ0n) is 8.82. The van der Waals surface area contributed by atoms with Gasteiger partial charge in [0.25, 0.3) is 5.69 Å². The van der Waals surface area contributed by atoms with Crippen LogP contribution in [0.2, 0.25) is 5.02 Å². The van der Waals surface area contributed by atoms with Crippen molar-refractivity contribution in [1.29, 1.82) is 0 Å². The maximum atomic E-state index is 11.1. The van der Waals surface area contributed by atoms with Crippen LogP contribution in [0, 0.1) is 17.0 Å². The number of nitro groups is 1. The van der Waals surface area contributed by atoms with Gasteiger partial charge in [-0.05, 0) is 18.1 Å². The van der Waals surface area contributed by atoms with Crippen molar-refractivity contribution in [3.8, 4) is 0 Å². The third kappa shape index (κ3) is 2.70. The summed E-state index contributed by atoms with van der Waals surface area (Å²) in [4.78, 5) is 21.1. The fourth-order valence-corrected chi connectivity index (χ4v) is 1.63. The summed E-state index contributed by atoms with van der Waals surface area (Å²) in [6, 6.07) is 2.61. The van der Waals surface area contributed by atoms with Crippen molar-refractivity contribution < 1.29 is 14.5 Å². The number of non-ortho nitro benzene ring substituents is 1. The van der Waals surface area contributed by atoms with Crippen LogP contribution in [-0.2, 0) is 16.0 Å². The SMILES string of the molecule is COC(=O)Cc1c(C)cc([N+](=O)[O-])cc1Cl. The predicted octanol–water partition coefficient (Wildman–Crippen LogP) is 2.27. The predicted molar refractivity (Wildman–Crippen MR) is 58.6 cm³/mol. The molecule has 0 aliphatic carbocycles. The molecule has 5 nitrogen and oxygen atoms in total. The van der Waals surface area contributed by atoms with Gasteiger partial charge in [0.05, 0.1) is 23.5 Å². The summed E-state index contributed by atoms with van der Waals surface area (Å²) in [6.45, 7) is 1.66. The first-order valence-corrected chi connectivity index (χ1v) is 4.83. The number of carbonyl (C=O) groups excluding carboxylic acids is 1. The largest absolute Gasteiger partial charge is 0.469 e. The molecule has 0 radical (unpaired) electrons. The molecule has 0 N–H and O–H groups in total. The number of benzene rings is 1. The van der Waals surface area contributed by atoms with Gasteiger partial charge < -0.3 is 4.74 Å². The Balaban J connectivity index is 3.12. The fraction of sp³-hybridized carbons (Fsp3) is 0.300. The minimum absolute atomic E-state index is 0.0131. The Labute approximate surface area is 97.1 Å². The van der Waals surface area contributed by atoms with Crippen LogP contribution in [0.15, 0.2) is 12.1 Å². The standard InChI is InChI=1S/C10H10ClNO4/c1-6-3-7(12(14)15)4-9(11)8(6)5-10(13)16-2/h3-4H,5H2,1-2H3. The number of aryl methyl sites for hydroxylation is 1. The first-order valence-electron chi connectivity index (χ1n) is 4.46. The molecule has 0 fully saturated rings. The van der Waals surface area contributed by atoms with E-state index >= 15 is 0 Å². The molecule has 1 aromatic rings. The molecule has 0 bridgehead atoms. The molecule has 0 saturated heterocycles. The molecule has 86 valence electrons. The van der Waals surface area contributed by atoms with Crippen molar-refractivity contribution in [1.82, 2.24) is 0 Å². The highest BCUT2D eigenvalue weighted by molar-refractivity contribution is 6.31. The third-order valence-corrected chi connectivity index (χ3v) is 2.50. The van der Waals surface area contributed by atoms with Crippen LogP contribution in [0.5, 0.6) is 0 Å². The molecule has 0 unspecified atom stereocenters. The van der Waals surface area contributed by atoms with E-state index in [-0.39, 0.29) is 17.1 Å². The van der Waals surface area contributed by atoms with Gasteiger partial charge in [-0.15, -0.1) is 0 Å². The zero-order valence-corrected chi connectivity index (χ0v) is 9.58. The summed E-state index contributed by atoms with van der Waals surface area (Å²) in [7, 11) is 1.27. The van der Waals surface area contributed by atoms with Gasteiger partial charge in [0.15, 0.2) is 0 Å². The Bertz CT molecular complexity index is 421. The van der Waals surface area contributed by atoms with E-state index in [2.05, 4.69) is 4.74 Å². The lowest BCUT2D eigenvalue weighted by Gasteiger charge is -2.06. The highest BCUT2D eigenvalue weighted by Crippen LogP contribution is 2.26. The molecule has 16 heavy (non-hydrogen) atoms. The topological polar surface area (TPSA) is 69.4 Å². The van der Waals surface area contributed by atoms with Crippen molar-refractivity contribution >= 4 is 23.3 Å². The lowest BCUT2D eigenvalue weighted by Crippen LogP contribution is -2.06. The number of ether oxygens (including phenoxy) is 1. The van der Waals surface area contributed by atoms with Gasteiger partial charge in [-0.3, -0.25) is 14.9 Å². The third-order valence-electron chi connectivity index (χ3n) is 2.16. The number of rotatable bonds is 3. The average Bonchev–Trinajstić information content (AvgIpc) is 2.22. The highest BCUT2D eigenvalue weighted by Gasteiger charge is 2.15. The number of nitro benzene ring substituents is 1. The van der Waals surface area contributed by atoms with E-state index in [1.54, 1.807) is 6.92 Å². The lowest BCUT2D eigenvalue weighted by molar-refractivity contribution is -0.384. The molecule has 0 aliphatic rings. The summed E-state index contributed by atoms with van der Waals surface area (Å²) in [5, 5.41) is 10.8. The molecule has 0 saturated carbocycles. The zero-order chi connectivity index (χ0) is 12.3. The second-order valence-corrected chi connectivity index (χ2v) is 3.64. The van der Waals surface area contributed by atoms with Crippen LogP contribution in [0.1, 0.15) is 11.1 Å². The lowest BCUT2D eigenvalue weighted by atomic mass is 10.0. The monoisotopic (exact) mass is 243 g/mol. The molecular weight excluding hydrogens is 234 g/mol. The molecule has 0 amide bonds. The van der Waals surface area contributed by atoms with Gasteiger partial charge in [0, 0.05) is 12.1 Å². The Kier molecular flexibility index (Phi) is 3.84. The molecule has 6 heteroatoms. The summed E-state index contributed by atoms with van der Waals surface area (Å²) in [5.74, 6) is -0.432. The van der Waals surface area contributed by atoms with E-state index < -0.39 is 10.9 Å². The molecule has 0 heterocycles. The average molecular weight is 244 g/mol. The van der Waals surface area contributed by atoms with Gasteiger partial charge >= 0.3 is 5.97 Å². The number of hydrogen-bond acceptors (Lipinski definition) is 4. The minimum atomic E-state index is -0.527. The van der Waals surface area contributed by atoms with Gasteiger partial charge in [-0.25, -0.2) is 0 Å². The van der Waals surface area contributed by atoms with Crippen LogP contribution >= 0.6 is 11.6 Å². The fourth-order valence-electron chi connectivity index (χ4n) is 1.30. The Hall–Kier alpha value is -1.62. The van der Waals surface area contributed by atoms with Crippen molar-refractivity contribution in [3.05, 3.63) is 38.4 Å². The number of nitrogens with zero attached hydrogens (tertiary/aromatic N) is 1. The van der Waals surface area contributed by atoms with Crippen molar-refractivity contribution in [2.75, 3.05) is 7.11 Å². The number of hydrogen-bond donors (Lipinski definition) is 0. The summed E-state index contributed by atoms with van der Waals surface area (Å²) in [5.41, 5.74) is 1.07. The molecule has 0 atom stereocenters. The Morgan fingerprint density at radius 2 is 2.19 bits per heavy atom. The number of methoxy groups -OCH3 is 1.